The lowest BCUT2D eigenvalue weighted by atomic mass is 9.94. The third-order valence-corrected chi connectivity index (χ3v) is 8.39. The zero-order valence-electron chi connectivity index (χ0n) is 19.5. The molecule has 2 fully saturated rings. The van der Waals surface area contributed by atoms with E-state index in [4.69, 9.17) is 15.7 Å². The number of benzene rings is 1. The molecule has 0 amide bonds. The van der Waals surface area contributed by atoms with Gasteiger partial charge in [-0.25, -0.2) is 4.98 Å². The molecule has 174 valence electrons. The molecular formula is C27H29N5S2. The third kappa shape index (κ3) is 4.83. The van der Waals surface area contributed by atoms with E-state index in [2.05, 4.69) is 46.5 Å². The summed E-state index contributed by atoms with van der Waals surface area (Å²) < 4.78 is 0. The second kappa shape index (κ2) is 10.2. The molecule has 0 bridgehead atoms. The largest absolute Gasteiger partial charge is 0.398 e. The van der Waals surface area contributed by atoms with Crippen LogP contribution in [0.15, 0.2) is 65.7 Å². The smallest absolute Gasteiger partial charge is 0.0901 e. The molecule has 0 saturated carbocycles. The molecule has 2 aliphatic heterocycles. The number of thioether (sulfide) groups is 1. The monoisotopic (exact) mass is 487 g/mol. The summed E-state index contributed by atoms with van der Waals surface area (Å²) in [5.41, 5.74) is 14.9. The normalized spacial score (nSPS) is 19.9. The number of hydrogen-bond donors (Lipinski definition) is 1. The Hall–Kier alpha value is -2.86. The number of hydrogen-bond acceptors (Lipinski definition) is 7. The number of piperidine rings is 1. The summed E-state index contributed by atoms with van der Waals surface area (Å²) >= 11 is 3.69. The molecule has 0 aliphatic carbocycles. The van der Waals surface area contributed by atoms with Crippen molar-refractivity contribution < 1.29 is 0 Å². The predicted octanol–water partition coefficient (Wildman–Crippen LogP) is 5.68. The van der Waals surface area contributed by atoms with E-state index in [9.17, 15) is 0 Å². The van der Waals surface area contributed by atoms with Crippen molar-refractivity contribution in [2.45, 2.75) is 32.2 Å². The number of nitrogens with two attached hydrogens (primary N) is 1. The van der Waals surface area contributed by atoms with Crippen LogP contribution in [-0.4, -0.2) is 51.2 Å². The third-order valence-electron chi connectivity index (χ3n) is 6.40. The number of aromatic nitrogens is 2. The summed E-state index contributed by atoms with van der Waals surface area (Å²) in [5.74, 6) is 2.38. The molecule has 0 spiro atoms. The standard InChI is InChI=1S/C27H29N5S2/c1-3-10-32-11-7-24(31-20-8-12-33-13-9-20)23(17-32)27(28)21-6-4-5-19-14-25(30-15-22(19)21)26-16-29-18(2)34-26/h4-6,10,14-16,20H,1,7-9,11-13,17,28H2,2H3. The molecule has 5 rings (SSSR count). The first kappa shape index (κ1) is 22.9. The van der Waals surface area contributed by atoms with Crippen molar-refractivity contribution in [1.82, 2.24) is 14.9 Å². The number of thiazole rings is 1. The summed E-state index contributed by atoms with van der Waals surface area (Å²) in [4.78, 5) is 17.7. The second-order valence-corrected chi connectivity index (χ2v) is 11.2. The van der Waals surface area contributed by atoms with Gasteiger partial charge in [0.05, 0.1) is 21.6 Å². The van der Waals surface area contributed by atoms with E-state index in [0.29, 0.717) is 6.04 Å². The molecule has 2 aliphatic rings. The highest BCUT2D eigenvalue weighted by Gasteiger charge is 2.24. The fraction of sp³-hybridized carbons (Fsp3) is 0.333. The zero-order valence-corrected chi connectivity index (χ0v) is 21.1. The van der Waals surface area contributed by atoms with E-state index in [0.717, 1.165) is 81.2 Å². The van der Waals surface area contributed by atoms with Crippen molar-refractivity contribution in [3.8, 4) is 10.6 Å². The van der Waals surface area contributed by atoms with Crippen LogP contribution >= 0.6 is 23.1 Å². The lowest BCUT2D eigenvalue weighted by Crippen LogP contribution is -2.34. The molecule has 0 unspecified atom stereocenters. The van der Waals surface area contributed by atoms with Crippen molar-refractivity contribution >= 4 is 45.3 Å². The Kier molecular flexibility index (Phi) is 6.86. The molecule has 2 saturated heterocycles. The Morgan fingerprint density at radius 2 is 2.12 bits per heavy atom. The van der Waals surface area contributed by atoms with E-state index in [-0.39, 0.29) is 0 Å². The second-order valence-electron chi connectivity index (χ2n) is 8.71. The number of likely N-dealkylation sites (tertiary alicyclic amines) is 1. The van der Waals surface area contributed by atoms with Crippen LogP contribution in [0.4, 0.5) is 0 Å². The van der Waals surface area contributed by atoms with Gasteiger partial charge in [-0.3, -0.25) is 9.98 Å². The van der Waals surface area contributed by atoms with Crippen molar-refractivity contribution in [3.63, 3.8) is 0 Å². The van der Waals surface area contributed by atoms with Gasteiger partial charge in [0, 0.05) is 66.0 Å². The Labute approximate surface area is 209 Å². The van der Waals surface area contributed by atoms with Crippen LogP contribution in [0.2, 0.25) is 0 Å². The van der Waals surface area contributed by atoms with Gasteiger partial charge in [-0.2, -0.15) is 11.8 Å². The van der Waals surface area contributed by atoms with Crippen LogP contribution in [0.3, 0.4) is 0 Å². The summed E-state index contributed by atoms with van der Waals surface area (Å²) in [6, 6.07) is 8.83. The Balaban J connectivity index is 1.58. The van der Waals surface area contributed by atoms with Crippen molar-refractivity contribution in [1.29, 1.82) is 0 Å². The fourth-order valence-electron chi connectivity index (χ4n) is 4.61. The van der Waals surface area contributed by atoms with Gasteiger partial charge in [0.1, 0.15) is 0 Å². The van der Waals surface area contributed by atoms with Gasteiger partial charge in [0.2, 0.25) is 0 Å². The van der Waals surface area contributed by atoms with Gasteiger partial charge in [0.25, 0.3) is 0 Å². The maximum Gasteiger partial charge on any atom is 0.0901 e. The van der Waals surface area contributed by atoms with Crippen molar-refractivity contribution in [3.05, 3.63) is 71.3 Å². The van der Waals surface area contributed by atoms with Crippen LogP contribution < -0.4 is 5.73 Å². The minimum atomic E-state index is 0.403. The average molecular weight is 488 g/mol. The molecule has 2 N–H and O–H groups in total. The SMILES string of the molecule is C=C=CN1CCC(=NC2CCSCC2)C(=C(N)c2cccc3cc(-c4cnc(C)s4)ncc23)C1. The number of pyridine rings is 1. The summed E-state index contributed by atoms with van der Waals surface area (Å²) in [6.07, 6.45) is 8.95. The Morgan fingerprint density at radius 3 is 2.88 bits per heavy atom. The summed E-state index contributed by atoms with van der Waals surface area (Å²) in [7, 11) is 0. The molecule has 5 nitrogen and oxygen atoms in total. The van der Waals surface area contributed by atoms with Crippen LogP contribution in [-0.2, 0) is 0 Å². The highest BCUT2D eigenvalue weighted by Crippen LogP contribution is 2.31. The number of rotatable bonds is 4. The maximum atomic E-state index is 6.92. The summed E-state index contributed by atoms with van der Waals surface area (Å²) in [6.45, 7) is 7.40. The Morgan fingerprint density at radius 1 is 1.26 bits per heavy atom. The van der Waals surface area contributed by atoms with Crippen LogP contribution in [0.1, 0.15) is 29.8 Å². The topological polar surface area (TPSA) is 67.4 Å². The van der Waals surface area contributed by atoms with Gasteiger partial charge in [0.15, 0.2) is 0 Å². The van der Waals surface area contributed by atoms with Crippen LogP contribution in [0, 0.1) is 6.92 Å². The molecule has 0 atom stereocenters. The fourth-order valence-corrected chi connectivity index (χ4v) is 6.44. The van der Waals surface area contributed by atoms with Crippen LogP contribution in [0.25, 0.3) is 27.0 Å². The van der Waals surface area contributed by atoms with E-state index in [1.165, 1.54) is 11.5 Å². The first-order chi connectivity index (χ1) is 16.6. The number of aryl methyl sites for hydroxylation is 1. The predicted molar refractivity (Wildman–Crippen MR) is 146 cm³/mol. The van der Waals surface area contributed by atoms with Crippen molar-refractivity contribution in [2.75, 3.05) is 24.6 Å². The molecule has 2 aromatic heterocycles. The molecule has 3 aromatic rings. The number of aliphatic imine (C=N–C) groups is 1. The lowest BCUT2D eigenvalue weighted by molar-refractivity contribution is 0.408. The van der Waals surface area contributed by atoms with E-state index < -0.39 is 0 Å². The summed E-state index contributed by atoms with van der Waals surface area (Å²) in [5, 5.41) is 3.22. The van der Waals surface area contributed by atoms with Gasteiger partial charge < -0.3 is 10.6 Å². The maximum absolute atomic E-state index is 6.92. The molecule has 4 heterocycles. The van der Waals surface area contributed by atoms with Gasteiger partial charge in [-0.05, 0) is 42.7 Å². The quantitative estimate of drug-likeness (QED) is 0.480. The van der Waals surface area contributed by atoms with Gasteiger partial charge in [-0.1, -0.05) is 24.8 Å². The first-order valence-corrected chi connectivity index (χ1v) is 13.6. The van der Waals surface area contributed by atoms with Crippen molar-refractivity contribution in [2.24, 2.45) is 10.7 Å². The zero-order chi connectivity index (χ0) is 23.5. The van der Waals surface area contributed by atoms with E-state index >= 15 is 0 Å². The molecule has 7 heteroatoms. The average Bonchev–Trinajstić information content (AvgIpc) is 3.31. The highest BCUT2D eigenvalue weighted by atomic mass is 32.2. The minimum Gasteiger partial charge on any atom is -0.398 e. The molecule has 1 aromatic carbocycles. The number of fused-ring (bicyclic) bond motifs is 1. The lowest BCUT2D eigenvalue weighted by Gasteiger charge is -2.31. The minimum absolute atomic E-state index is 0.403. The molecular weight excluding hydrogens is 458 g/mol. The Bertz CT molecular complexity index is 1310. The van der Waals surface area contributed by atoms with Crippen LogP contribution in [0.5, 0.6) is 0 Å². The highest BCUT2D eigenvalue weighted by molar-refractivity contribution is 7.99. The van der Waals surface area contributed by atoms with E-state index in [1.807, 2.05) is 37.3 Å². The number of nitrogens with zero attached hydrogens (tertiary/aromatic N) is 4. The van der Waals surface area contributed by atoms with Gasteiger partial charge in [-0.15, -0.1) is 17.1 Å². The van der Waals surface area contributed by atoms with E-state index in [1.54, 1.807) is 11.3 Å². The first-order valence-electron chi connectivity index (χ1n) is 11.7. The molecule has 34 heavy (non-hydrogen) atoms. The van der Waals surface area contributed by atoms with Gasteiger partial charge >= 0.3 is 0 Å². The molecule has 0 radical (unpaired) electrons.